The maximum atomic E-state index is 13.9. The molecule has 1 aliphatic heterocycles. The monoisotopic (exact) mass is 407 g/mol. The first-order valence-corrected chi connectivity index (χ1v) is 7.54. The highest BCUT2D eigenvalue weighted by Crippen LogP contribution is 2.55. The van der Waals surface area contributed by atoms with Gasteiger partial charge in [-0.15, -0.1) is 0 Å². The van der Waals surface area contributed by atoms with Crippen LogP contribution in [-0.2, 0) is 19.6 Å². The van der Waals surface area contributed by atoms with Gasteiger partial charge < -0.3 is 5.32 Å². The number of hydrogen-bond acceptors (Lipinski definition) is 5. The fraction of sp³-hybridized carbons (Fsp3) is 0.333. The summed E-state index contributed by atoms with van der Waals surface area (Å²) in [6.07, 6.45) is -9.77. The molecule has 7 nitrogen and oxygen atoms in total. The van der Waals surface area contributed by atoms with Crippen molar-refractivity contribution in [3.05, 3.63) is 56.5 Å². The van der Waals surface area contributed by atoms with E-state index >= 15 is 0 Å². The summed E-state index contributed by atoms with van der Waals surface area (Å²) < 4.78 is 84.1. The molecule has 0 atom stereocenters. The molecule has 2 aromatic heterocycles. The maximum Gasteiger partial charge on any atom is 0.427 e. The normalized spacial score (nSPS) is 16.2. The van der Waals surface area contributed by atoms with E-state index in [1.165, 1.54) is 0 Å². The van der Waals surface area contributed by atoms with Crippen LogP contribution in [0.1, 0.15) is 11.1 Å². The molecule has 3 rings (SSSR count). The van der Waals surface area contributed by atoms with Gasteiger partial charge in [-0.2, -0.15) is 26.3 Å². The summed E-state index contributed by atoms with van der Waals surface area (Å²) in [5.74, 6) is -1.75. The molecule has 0 aromatic carbocycles. The van der Waals surface area contributed by atoms with E-state index in [1.54, 1.807) is 0 Å². The van der Waals surface area contributed by atoms with E-state index in [0.29, 0.717) is 4.57 Å². The van der Waals surface area contributed by atoms with E-state index < -0.39 is 46.4 Å². The highest BCUT2D eigenvalue weighted by molar-refractivity contribution is 6.09. The number of hydrogen-bond donors (Lipinski definition) is 1. The van der Waals surface area contributed by atoms with Crippen molar-refractivity contribution in [3.63, 3.8) is 0 Å². The van der Waals surface area contributed by atoms with Crippen molar-refractivity contribution < 1.29 is 26.3 Å². The Labute approximate surface area is 152 Å². The van der Waals surface area contributed by atoms with Crippen molar-refractivity contribution in [1.29, 1.82) is 0 Å². The van der Waals surface area contributed by atoms with Crippen LogP contribution >= 0.6 is 0 Å². The largest absolute Gasteiger partial charge is 0.427 e. The van der Waals surface area contributed by atoms with Gasteiger partial charge in [-0.3, -0.25) is 18.9 Å². The average molecular weight is 407 g/mol. The second-order valence-corrected chi connectivity index (χ2v) is 5.96. The molecule has 13 heteroatoms. The first-order valence-electron chi connectivity index (χ1n) is 7.54. The van der Waals surface area contributed by atoms with Gasteiger partial charge >= 0.3 is 18.0 Å². The van der Waals surface area contributed by atoms with Crippen LogP contribution < -0.4 is 16.6 Å². The van der Waals surface area contributed by atoms with Crippen LogP contribution in [0.3, 0.4) is 0 Å². The second kappa shape index (κ2) is 5.94. The minimum Gasteiger partial charge on any atom is -0.326 e. The molecule has 3 heterocycles. The van der Waals surface area contributed by atoms with Crippen LogP contribution in [0.25, 0.3) is 0 Å². The Morgan fingerprint density at radius 1 is 0.964 bits per heavy atom. The van der Waals surface area contributed by atoms with E-state index in [4.69, 9.17) is 0 Å². The van der Waals surface area contributed by atoms with Crippen molar-refractivity contribution in [1.82, 2.24) is 14.1 Å². The molecular formula is C15H11F6N5O2. The topological polar surface area (TPSA) is 81.3 Å². The Bertz CT molecular complexity index is 1070. The third-order valence-electron chi connectivity index (χ3n) is 4.32. The van der Waals surface area contributed by atoms with Gasteiger partial charge in [0.15, 0.2) is 0 Å². The number of rotatable bonds is 1. The quantitative estimate of drug-likeness (QED) is 0.730. The number of nitrogens with zero attached hydrogens (tertiary/aromatic N) is 4. The van der Waals surface area contributed by atoms with Crippen LogP contribution in [0.2, 0.25) is 0 Å². The lowest BCUT2D eigenvalue weighted by atomic mass is 9.87. The first kappa shape index (κ1) is 19.6. The lowest BCUT2D eigenvalue weighted by Crippen LogP contribution is -2.60. The molecule has 0 radical (unpaired) electrons. The number of aromatic nitrogens is 3. The molecule has 0 amide bonds. The van der Waals surface area contributed by atoms with Gasteiger partial charge in [0.2, 0.25) is 0 Å². The fourth-order valence-corrected chi connectivity index (χ4v) is 2.90. The number of alkyl halides is 6. The van der Waals surface area contributed by atoms with Gasteiger partial charge in [-0.1, -0.05) is 0 Å². The number of anilines is 1. The number of nitrogens with one attached hydrogen (secondary N) is 1. The molecule has 2 aromatic rings. The van der Waals surface area contributed by atoms with E-state index in [1.807, 2.05) is 0 Å². The zero-order valence-corrected chi connectivity index (χ0v) is 14.2. The first-order chi connectivity index (χ1) is 12.8. The Morgan fingerprint density at radius 3 is 2.00 bits per heavy atom. The van der Waals surface area contributed by atoms with E-state index in [9.17, 15) is 35.9 Å². The summed E-state index contributed by atoms with van der Waals surface area (Å²) in [5, 5.41) is 2.26. The van der Waals surface area contributed by atoms with Crippen LogP contribution in [0.4, 0.5) is 32.2 Å². The molecular weight excluding hydrogens is 396 g/mol. The SMILES string of the molecule is Cn1c2c(c(=O)n(C)c1=O)C(C(F)(F)F)(C(F)(F)F)N=C(c1ccncc1)N2. The fourth-order valence-electron chi connectivity index (χ4n) is 2.90. The summed E-state index contributed by atoms with van der Waals surface area (Å²) in [4.78, 5) is 31.0. The molecule has 1 N–H and O–H groups in total. The van der Waals surface area contributed by atoms with Gasteiger partial charge in [0.25, 0.3) is 11.1 Å². The van der Waals surface area contributed by atoms with Crippen molar-refractivity contribution in [2.24, 2.45) is 19.1 Å². The summed E-state index contributed by atoms with van der Waals surface area (Å²) in [6.45, 7) is 0. The molecule has 0 saturated carbocycles. The standard InChI is InChI=1S/C15H11F6N5O2/c1-25-10-8(11(27)26(2)12(25)28)13(14(16,17)18,15(19,20)21)24-9(23-10)7-3-5-22-6-4-7/h3-6H,1-2H3,(H,23,24). The summed E-state index contributed by atoms with van der Waals surface area (Å²) in [5.41, 5.74) is -9.59. The number of fused-ring (bicyclic) bond motifs is 1. The van der Waals surface area contributed by atoms with Crippen molar-refractivity contribution in [2.75, 3.05) is 5.32 Å². The minimum absolute atomic E-state index is 0.147. The predicted molar refractivity (Wildman–Crippen MR) is 85.1 cm³/mol. The average Bonchev–Trinajstić information content (AvgIpc) is 2.62. The third-order valence-corrected chi connectivity index (χ3v) is 4.32. The Hall–Kier alpha value is -3.12. The van der Waals surface area contributed by atoms with Gasteiger partial charge in [0.1, 0.15) is 17.2 Å². The van der Waals surface area contributed by atoms with Crippen molar-refractivity contribution in [3.8, 4) is 0 Å². The van der Waals surface area contributed by atoms with Crippen LogP contribution in [0.5, 0.6) is 0 Å². The molecule has 0 aliphatic carbocycles. The third kappa shape index (κ3) is 2.52. The van der Waals surface area contributed by atoms with Crippen LogP contribution in [-0.4, -0.2) is 32.3 Å². The van der Waals surface area contributed by atoms with Gasteiger partial charge in [0, 0.05) is 32.1 Å². The zero-order valence-electron chi connectivity index (χ0n) is 14.2. The number of pyridine rings is 1. The molecule has 0 bridgehead atoms. The highest BCUT2D eigenvalue weighted by Gasteiger charge is 2.75. The summed E-state index contributed by atoms with van der Waals surface area (Å²) in [7, 11) is 1.73. The Morgan fingerprint density at radius 2 is 1.50 bits per heavy atom. The Kier molecular flexibility index (Phi) is 4.16. The lowest BCUT2D eigenvalue weighted by Gasteiger charge is -2.38. The number of aliphatic imine (C=N–C) groups is 1. The van der Waals surface area contributed by atoms with Crippen molar-refractivity contribution in [2.45, 2.75) is 17.9 Å². The molecule has 0 unspecified atom stereocenters. The van der Waals surface area contributed by atoms with Gasteiger partial charge in [0.05, 0.1) is 0 Å². The van der Waals surface area contributed by atoms with Crippen molar-refractivity contribution >= 4 is 11.7 Å². The van der Waals surface area contributed by atoms with Crippen LogP contribution in [0, 0.1) is 0 Å². The van der Waals surface area contributed by atoms with E-state index in [-0.39, 0.29) is 10.1 Å². The molecule has 0 spiro atoms. The molecule has 0 fully saturated rings. The Balaban J connectivity index is 2.55. The smallest absolute Gasteiger partial charge is 0.326 e. The van der Waals surface area contributed by atoms with Crippen LogP contribution in [0.15, 0.2) is 39.1 Å². The molecule has 28 heavy (non-hydrogen) atoms. The van der Waals surface area contributed by atoms with Gasteiger partial charge in [-0.25, -0.2) is 9.79 Å². The number of halogens is 6. The molecule has 1 aliphatic rings. The minimum atomic E-state index is -6.02. The van der Waals surface area contributed by atoms with E-state index in [2.05, 4.69) is 15.3 Å². The lowest BCUT2D eigenvalue weighted by molar-refractivity contribution is -0.301. The summed E-state index contributed by atoms with van der Waals surface area (Å²) in [6, 6.07) is 2.26. The zero-order chi connectivity index (χ0) is 21.1. The number of amidine groups is 1. The summed E-state index contributed by atoms with van der Waals surface area (Å²) >= 11 is 0. The van der Waals surface area contributed by atoms with Gasteiger partial charge in [-0.05, 0) is 12.1 Å². The second-order valence-electron chi connectivity index (χ2n) is 5.96. The predicted octanol–water partition coefficient (Wildman–Crippen LogP) is 1.67. The molecule has 0 saturated heterocycles. The maximum absolute atomic E-state index is 13.9. The molecule has 150 valence electrons. The van der Waals surface area contributed by atoms with E-state index in [0.717, 1.165) is 38.6 Å². The highest BCUT2D eigenvalue weighted by atomic mass is 19.4.